The molecule has 0 spiro atoms. The summed E-state index contributed by atoms with van der Waals surface area (Å²) in [6, 6.07) is 10.3. The van der Waals surface area contributed by atoms with Crippen LogP contribution in [0, 0.1) is 10.1 Å². The minimum absolute atomic E-state index is 0.103. The van der Waals surface area contributed by atoms with Crippen LogP contribution in [0.4, 0.5) is 5.69 Å². The van der Waals surface area contributed by atoms with Crippen LogP contribution in [0.25, 0.3) is 0 Å². The summed E-state index contributed by atoms with van der Waals surface area (Å²) in [5.41, 5.74) is 0.624. The Kier molecular flexibility index (Phi) is 6.00. The summed E-state index contributed by atoms with van der Waals surface area (Å²) >= 11 is 11.9. The summed E-state index contributed by atoms with van der Waals surface area (Å²) in [7, 11) is 0. The van der Waals surface area contributed by atoms with Gasteiger partial charge < -0.3 is 10.1 Å². The fourth-order valence-electron chi connectivity index (χ4n) is 2.05. The standard InChI is InChI=1S/C16H14Cl2N2O4/c1-10(14-6-5-11(17)7-15(14)18)19-16(21)9-24-13-4-2-3-12(8-13)20(22)23/h2-8,10H,9H2,1H3,(H,19,21). The van der Waals surface area contributed by atoms with Crippen LogP contribution in [0.3, 0.4) is 0 Å². The zero-order valence-electron chi connectivity index (χ0n) is 12.7. The van der Waals surface area contributed by atoms with E-state index in [9.17, 15) is 14.9 Å². The Morgan fingerprint density at radius 1 is 1.29 bits per heavy atom. The van der Waals surface area contributed by atoms with E-state index >= 15 is 0 Å². The van der Waals surface area contributed by atoms with Crippen molar-refractivity contribution in [3.8, 4) is 5.75 Å². The molecule has 126 valence electrons. The highest BCUT2D eigenvalue weighted by molar-refractivity contribution is 6.35. The van der Waals surface area contributed by atoms with E-state index in [0.29, 0.717) is 10.0 Å². The summed E-state index contributed by atoms with van der Waals surface area (Å²) < 4.78 is 5.27. The van der Waals surface area contributed by atoms with Crippen molar-refractivity contribution in [1.29, 1.82) is 0 Å². The molecule has 24 heavy (non-hydrogen) atoms. The highest BCUT2D eigenvalue weighted by Gasteiger charge is 2.14. The van der Waals surface area contributed by atoms with Crippen LogP contribution in [0.15, 0.2) is 42.5 Å². The molecule has 1 atom stereocenters. The molecule has 0 aliphatic carbocycles. The largest absolute Gasteiger partial charge is 0.484 e. The van der Waals surface area contributed by atoms with Crippen LogP contribution in [0.1, 0.15) is 18.5 Å². The second kappa shape index (κ2) is 7.99. The Bertz CT molecular complexity index is 767. The van der Waals surface area contributed by atoms with Crippen molar-refractivity contribution in [2.45, 2.75) is 13.0 Å². The Morgan fingerprint density at radius 3 is 2.71 bits per heavy atom. The number of nitrogens with one attached hydrogen (secondary N) is 1. The molecule has 2 rings (SSSR count). The third kappa shape index (κ3) is 4.84. The second-order valence-corrected chi connectivity index (χ2v) is 5.84. The molecule has 8 heteroatoms. The molecule has 0 aromatic heterocycles. The zero-order valence-corrected chi connectivity index (χ0v) is 14.2. The molecular formula is C16H14Cl2N2O4. The summed E-state index contributed by atoms with van der Waals surface area (Å²) in [6.45, 7) is 1.51. The summed E-state index contributed by atoms with van der Waals surface area (Å²) in [5, 5.41) is 14.4. The number of amides is 1. The van der Waals surface area contributed by atoms with Crippen molar-refractivity contribution in [1.82, 2.24) is 5.32 Å². The van der Waals surface area contributed by atoms with E-state index in [4.69, 9.17) is 27.9 Å². The SMILES string of the molecule is CC(NC(=O)COc1cccc([N+](=O)[O-])c1)c1ccc(Cl)cc1Cl. The first-order valence-corrected chi connectivity index (χ1v) is 7.74. The van der Waals surface area contributed by atoms with Gasteiger partial charge in [0.15, 0.2) is 6.61 Å². The molecule has 0 radical (unpaired) electrons. The number of nitrogens with zero attached hydrogens (tertiary/aromatic N) is 1. The fourth-order valence-corrected chi connectivity index (χ4v) is 2.62. The highest BCUT2D eigenvalue weighted by Crippen LogP contribution is 2.26. The van der Waals surface area contributed by atoms with Crippen molar-refractivity contribution in [2.75, 3.05) is 6.61 Å². The van der Waals surface area contributed by atoms with Crippen LogP contribution in [0.5, 0.6) is 5.75 Å². The van der Waals surface area contributed by atoms with Gasteiger partial charge in [-0.2, -0.15) is 0 Å². The number of rotatable bonds is 6. The van der Waals surface area contributed by atoms with Crippen LogP contribution in [-0.4, -0.2) is 17.4 Å². The number of ether oxygens (including phenoxy) is 1. The number of halogens is 2. The van der Waals surface area contributed by atoms with Crippen molar-refractivity contribution in [3.63, 3.8) is 0 Å². The van der Waals surface area contributed by atoms with Gasteiger partial charge in [-0.3, -0.25) is 14.9 Å². The number of hydrogen-bond acceptors (Lipinski definition) is 4. The molecule has 2 aromatic rings. The minimum Gasteiger partial charge on any atom is -0.484 e. The molecule has 0 saturated carbocycles. The third-order valence-corrected chi connectivity index (χ3v) is 3.77. The molecule has 0 aliphatic rings. The van der Waals surface area contributed by atoms with E-state index in [0.717, 1.165) is 5.56 Å². The number of carbonyl (C=O) groups excluding carboxylic acids is 1. The van der Waals surface area contributed by atoms with Crippen LogP contribution in [-0.2, 0) is 4.79 Å². The number of non-ortho nitro benzene ring substituents is 1. The van der Waals surface area contributed by atoms with E-state index in [1.807, 2.05) is 0 Å². The first-order chi connectivity index (χ1) is 11.4. The maximum absolute atomic E-state index is 12.0. The monoisotopic (exact) mass is 368 g/mol. The number of nitro groups is 1. The average molecular weight is 369 g/mol. The maximum Gasteiger partial charge on any atom is 0.273 e. The Hall–Kier alpha value is -2.31. The summed E-state index contributed by atoms with van der Waals surface area (Å²) in [4.78, 5) is 22.1. The average Bonchev–Trinajstić information content (AvgIpc) is 2.53. The number of carbonyl (C=O) groups is 1. The lowest BCUT2D eigenvalue weighted by Gasteiger charge is -2.16. The molecule has 0 saturated heterocycles. The van der Waals surface area contributed by atoms with Crippen molar-refractivity contribution < 1.29 is 14.5 Å². The van der Waals surface area contributed by atoms with Gasteiger partial charge in [-0.25, -0.2) is 0 Å². The van der Waals surface area contributed by atoms with Gasteiger partial charge in [-0.05, 0) is 30.7 Å². The van der Waals surface area contributed by atoms with Gasteiger partial charge in [0.1, 0.15) is 5.75 Å². The smallest absolute Gasteiger partial charge is 0.273 e. The normalized spacial score (nSPS) is 11.6. The molecule has 0 aliphatic heterocycles. The van der Waals surface area contributed by atoms with Gasteiger partial charge in [0.25, 0.3) is 11.6 Å². The minimum atomic E-state index is -0.530. The van der Waals surface area contributed by atoms with Crippen molar-refractivity contribution >= 4 is 34.8 Å². The van der Waals surface area contributed by atoms with Gasteiger partial charge in [-0.1, -0.05) is 35.3 Å². The Morgan fingerprint density at radius 2 is 2.04 bits per heavy atom. The second-order valence-electron chi connectivity index (χ2n) is 5.00. The van der Waals surface area contributed by atoms with Gasteiger partial charge in [0, 0.05) is 16.1 Å². The summed E-state index contributed by atoms with van der Waals surface area (Å²) in [5.74, 6) is -0.128. The van der Waals surface area contributed by atoms with Gasteiger partial charge in [0.2, 0.25) is 0 Å². The topological polar surface area (TPSA) is 81.5 Å². The van der Waals surface area contributed by atoms with Crippen LogP contribution < -0.4 is 10.1 Å². The van der Waals surface area contributed by atoms with E-state index in [1.165, 1.54) is 18.2 Å². The third-order valence-electron chi connectivity index (χ3n) is 3.20. The molecule has 1 unspecified atom stereocenters. The molecule has 0 bridgehead atoms. The van der Waals surface area contributed by atoms with E-state index in [1.54, 1.807) is 31.2 Å². The first-order valence-electron chi connectivity index (χ1n) is 6.98. The molecule has 6 nitrogen and oxygen atoms in total. The van der Waals surface area contributed by atoms with Crippen molar-refractivity contribution in [3.05, 3.63) is 68.2 Å². The molecule has 0 heterocycles. The lowest BCUT2D eigenvalue weighted by atomic mass is 10.1. The fraction of sp³-hybridized carbons (Fsp3) is 0.188. The van der Waals surface area contributed by atoms with Gasteiger partial charge in [0.05, 0.1) is 17.0 Å². The number of benzene rings is 2. The highest BCUT2D eigenvalue weighted by atomic mass is 35.5. The molecule has 2 aromatic carbocycles. The molecular weight excluding hydrogens is 355 g/mol. The van der Waals surface area contributed by atoms with Crippen LogP contribution >= 0.6 is 23.2 Å². The van der Waals surface area contributed by atoms with E-state index in [2.05, 4.69) is 5.32 Å². The zero-order chi connectivity index (χ0) is 17.7. The predicted octanol–water partition coefficient (Wildman–Crippen LogP) is 4.16. The molecule has 0 fully saturated rings. The first kappa shape index (κ1) is 18.0. The van der Waals surface area contributed by atoms with E-state index < -0.39 is 4.92 Å². The number of hydrogen-bond donors (Lipinski definition) is 1. The van der Waals surface area contributed by atoms with E-state index in [-0.39, 0.29) is 30.0 Å². The number of nitro benzene ring substituents is 1. The molecule has 1 amide bonds. The van der Waals surface area contributed by atoms with Gasteiger partial charge in [-0.15, -0.1) is 0 Å². The predicted molar refractivity (Wildman–Crippen MR) is 91.6 cm³/mol. The molecule has 1 N–H and O–H groups in total. The quantitative estimate of drug-likeness (QED) is 0.612. The Balaban J connectivity index is 1.93. The van der Waals surface area contributed by atoms with Crippen LogP contribution in [0.2, 0.25) is 10.0 Å². The lowest BCUT2D eigenvalue weighted by Crippen LogP contribution is -2.31. The Labute approximate surface area is 148 Å². The maximum atomic E-state index is 12.0. The van der Waals surface area contributed by atoms with Crippen molar-refractivity contribution in [2.24, 2.45) is 0 Å². The summed E-state index contributed by atoms with van der Waals surface area (Å²) in [6.07, 6.45) is 0. The lowest BCUT2D eigenvalue weighted by molar-refractivity contribution is -0.384. The van der Waals surface area contributed by atoms with Gasteiger partial charge >= 0.3 is 0 Å².